The van der Waals surface area contributed by atoms with E-state index < -0.39 is 36.1 Å². The lowest BCUT2D eigenvalue weighted by atomic mass is 9.81. The lowest BCUT2D eigenvalue weighted by Gasteiger charge is -2.33. The van der Waals surface area contributed by atoms with Crippen LogP contribution >= 0.6 is 70.6 Å². The van der Waals surface area contributed by atoms with Gasteiger partial charge in [-0.15, -0.1) is 70.6 Å². The Bertz CT molecular complexity index is 2610. The molecule has 24 nitrogen and oxygen atoms in total. The number of hydrogen-bond acceptors (Lipinski definition) is 30. The Morgan fingerprint density at radius 2 is 0.541 bits per heavy atom. The van der Waals surface area contributed by atoms with Crippen molar-refractivity contribution in [2.45, 2.75) is 107 Å². The van der Waals surface area contributed by atoms with Crippen LogP contribution in [-0.4, -0.2) is 171 Å². The third kappa shape index (κ3) is 14.3. The van der Waals surface area contributed by atoms with Crippen LogP contribution in [-0.2, 0) is 71.4 Å². The summed E-state index contributed by atoms with van der Waals surface area (Å²) in [6.45, 7) is 5.59. The van der Waals surface area contributed by atoms with Crippen molar-refractivity contribution in [1.82, 2.24) is 0 Å². The molecule has 0 aliphatic carbocycles. The predicted octanol–water partition coefficient (Wildman–Crippen LogP) is 8.51. The van der Waals surface area contributed by atoms with Gasteiger partial charge in [0.25, 0.3) is 38.8 Å². The molecule has 0 spiro atoms. The second kappa shape index (κ2) is 32.0. The van der Waals surface area contributed by atoms with Crippen LogP contribution in [0, 0.1) is 0 Å². The molecule has 0 unspecified atom stereocenters. The Hall–Kier alpha value is -6.21. The maximum Gasteiger partial charge on any atom is 0.343 e. The van der Waals surface area contributed by atoms with Crippen LogP contribution in [0.1, 0.15) is 113 Å². The zero-order valence-corrected chi connectivity index (χ0v) is 52.8. The summed E-state index contributed by atoms with van der Waals surface area (Å²) in [4.78, 5) is 117. The maximum atomic E-state index is 14.7. The van der Waals surface area contributed by atoms with Crippen molar-refractivity contribution < 1.29 is 114 Å². The third-order valence-electron chi connectivity index (χ3n) is 13.3. The first-order valence-corrected chi connectivity index (χ1v) is 31.0. The van der Waals surface area contributed by atoms with Gasteiger partial charge in [-0.3, -0.25) is 28.8 Å². The first-order chi connectivity index (χ1) is 41.2. The highest BCUT2D eigenvalue weighted by Gasteiger charge is 2.54. The van der Waals surface area contributed by atoms with E-state index in [0.29, 0.717) is 53.5 Å². The lowest BCUT2D eigenvalue weighted by molar-refractivity contribution is -0.130. The second-order valence-corrected chi connectivity index (χ2v) is 26.9. The summed E-state index contributed by atoms with van der Waals surface area (Å²) in [5, 5.41) is 0. The number of thioether (sulfide) groups is 6. The van der Waals surface area contributed by atoms with Crippen LogP contribution < -0.4 is 28.4 Å². The van der Waals surface area contributed by atoms with Gasteiger partial charge in [0.15, 0.2) is 34.5 Å². The van der Waals surface area contributed by atoms with Gasteiger partial charge in [-0.1, -0.05) is 0 Å². The number of methoxy groups -OCH3 is 6. The summed E-state index contributed by atoms with van der Waals surface area (Å²) < 4.78 is 84.4. The normalized spacial score (nSPS) is 14.5. The zero-order chi connectivity index (χ0) is 61.9. The molecule has 0 amide bonds. The number of fused-ring (bicyclic) bond motifs is 3. The van der Waals surface area contributed by atoms with Gasteiger partial charge < -0.3 is 71.1 Å². The van der Waals surface area contributed by atoms with Crippen LogP contribution in [0.3, 0.4) is 0 Å². The minimum atomic E-state index is -1.43. The fourth-order valence-electron chi connectivity index (χ4n) is 9.95. The summed E-state index contributed by atoms with van der Waals surface area (Å²) in [7, 11) is 8.08. The fourth-order valence-corrected chi connectivity index (χ4v) is 20.1. The molecule has 0 N–H and O–H groups in total. The first-order valence-electron chi connectivity index (χ1n) is 26.1. The molecule has 0 saturated carbocycles. The second-order valence-electron chi connectivity index (χ2n) is 17.8. The number of rotatable bonds is 39. The Labute approximate surface area is 515 Å². The first kappa shape index (κ1) is 67.9. The molecule has 0 bridgehead atoms. The van der Waals surface area contributed by atoms with Crippen LogP contribution in [0.25, 0.3) is 0 Å². The van der Waals surface area contributed by atoms with Crippen molar-refractivity contribution in [2.75, 3.05) is 102 Å². The van der Waals surface area contributed by atoms with Gasteiger partial charge in [0.1, 0.15) is 16.7 Å². The molecular formula is C55H64O24S6. The van der Waals surface area contributed by atoms with Crippen molar-refractivity contribution in [3.63, 3.8) is 0 Å². The molecule has 6 rings (SSSR count). The number of hydrogen-bond donors (Lipinski definition) is 0. The van der Waals surface area contributed by atoms with Crippen LogP contribution in [0.5, 0.6) is 34.5 Å². The lowest BCUT2D eigenvalue weighted by Crippen LogP contribution is -2.23. The topological polar surface area (TPSA) is 292 Å². The standard InChI is InChI=1S/C55H64O24S6/c1-10-77-50(62)35-41(68-7)38(65-4)32(44-47(35)83-53(80-44,13-19-71-25-56)14-20-72-26-57)31(33-39(66-5)42(69-8)36(51(63)78-11-2)48-45(33)81-54(84-48,15-21-73-27-58)16-22-74-28-59)34-40(67-6)43(70-9)37(52(64)79-12-3)49-46(34)82-55(85-49,17-23-75-29-60)18-24-76-30-61/h25-31H,10-24H2,1-9H3. The van der Waals surface area contributed by atoms with E-state index in [1.807, 2.05) is 0 Å². The van der Waals surface area contributed by atoms with Gasteiger partial charge in [-0.05, 0) is 20.8 Å². The van der Waals surface area contributed by atoms with E-state index in [2.05, 4.69) is 0 Å². The quantitative estimate of drug-likeness (QED) is 0.0170. The van der Waals surface area contributed by atoms with Crippen LogP contribution in [0.15, 0.2) is 29.4 Å². The van der Waals surface area contributed by atoms with E-state index >= 15 is 0 Å². The molecule has 0 aromatic heterocycles. The van der Waals surface area contributed by atoms with Gasteiger partial charge in [0.2, 0.25) is 0 Å². The van der Waals surface area contributed by atoms with E-state index in [0.717, 1.165) is 0 Å². The monoisotopic (exact) mass is 1300 g/mol. The average Bonchev–Trinajstić information content (AvgIpc) is 2.08. The zero-order valence-electron chi connectivity index (χ0n) is 47.9. The van der Waals surface area contributed by atoms with Gasteiger partial charge in [-0.25, -0.2) is 14.4 Å². The molecule has 0 fully saturated rings. The molecule has 3 aliphatic rings. The summed E-state index contributed by atoms with van der Waals surface area (Å²) in [6.07, 6.45) is 0.571. The number of ether oxygens (including phenoxy) is 15. The van der Waals surface area contributed by atoms with Gasteiger partial charge in [0, 0.05) is 90.5 Å². The molecule has 30 heteroatoms. The molecule has 464 valence electrons. The Morgan fingerprint density at radius 1 is 0.341 bits per heavy atom. The van der Waals surface area contributed by atoms with Gasteiger partial charge in [-0.2, -0.15) is 0 Å². The van der Waals surface area contributed by atoms with Crippen LogP contribution in [0.4, 0.5) is 0 Å². The SMILES string of the molecule is CCOC(=O)c1c(OC)c(OC)c(C(c2c(OC)c(OC)c(C(=O)OCC)c3c2SC(CCOC=O)(CCOC=O)S3)c2c(OC)c(OC)c(C(=O)OCC)c3c2SC(CCOC=O)(CCOC=O)S3)c2c1SC(CCOC=O)(CCOC=O)S2. The molecule has 3 aromatic carbocycles. The Morgan fingerprint density at radius 3 is 0.718 bits per heavy atom. The number of carbonyl (C=O) groups excluding carboxylic acids is 9. The summed E-state index contributed by atoms with van der Waals surface area (Å²) >= 11 is 7.32. The number of esters is 3. The van der Waals surface area contributed by atoms with E-state index in [4.69, 9.17) is 71.1 Å². The van der Waals surface area contributed by atoms with Crippen molar-refractivity contribution >= 4 is 127 Å². The van der Waals surface area contributed by atoms with Crippen molar-refractivity contribution in [2.24, 2.45) is 0 Å². The Balaban J connectivity index is 2.01. The molecule has 0 radical (unpaired) electrons. The minimum absolute atomic E-state index is 0.0543. The van der Waals surface area contributed by atoms with Crippen LogP contribution in [0.2, 0.25) is 0 Å². The molecular weight excluding hydrogens is 1240 g/mol. The third-order valence-corrected chi connectivity index (χ3v) is 23.6. The number of carbonyl (C=O) groups is 9. The molecule has 3 heterocycles. The molecule has 0 atom stereocenters. The highest BCUT2D eigenvalue weighted by Crippen LogP contribution is 2.73. The van der Waals surface area contributed by atoms with Crippen molar-refractivity contribution in [1.29, 1.82) is 0 Å². The highest BCUT2D eigenvalue weighted by molar-refractivity contribution is 8.21. The fraction of sp³-hybridized carbons (Fsp3) is 0.509. The molecule has 0 saturated heterocycles. The van der Waals surface area contributed by atoms with E-state index in [1.165, 1.54) is 113 Å². The molecule has 85 heavy (non-hydrogen) atoms. The smallest absolute Gasteiger partial charge is 0.343 e. The largest absolute Gasteiger partial charge is 0.492 e. The van der Waals surface area contributed by atoms with Gasteiger partial charge in [0.05, 0.1) is 114 Å². The summed E-state index contributed by atoms with van der Waals surface area (Å²) in [6, 6.07) is 0. The minimum Gasteiger partial charge on any atom is -0.492 e. The summed E-state index contributed by atoms with van der Waals surface area (Å²) in [5.41, 5.74) is 0.527. The average molecular weight is 1300 g/mol. The van der Waals surface area contributed by atoms with E-state index in [1.54, 1.807) is 20.8 Å². The van der Waals surface area contributed by atoms with E-state index in [-0.39, 0.29) is 181 Å². The predicted molar refractivity (Wildman–Crippen MR) is 311 cm³/mol. The Kier molecular flexibility index (Phi) is 25.5. The molecule has 3 aliphatic heterocycles. The molecule has 3 aromatic rings. The summed E-state index contributed by atoms with van der Waals surface area (Å²) in [5.74, 6) is -4.38. The number of benzene rings is 3. The maximum absolute atomic E-state index is 14.7. The highest BCUT2D eigenvalue weighted by atomic mass is 32.2. The van der Waals surface area contributed by atoms with Crippen molar-refractivity contribution in [3.8, 4) is 34.5 Å². The van der Waals surface area contributed by atoms with Gasteiger partial charge >= 0.3 is 17.9 Å². The van der Waals surface area contributed by atoms with Crippen molar-refractivity contribution in [3.05, 3.63) is 33.4 Å². The van der Waals surface area contributed by atoms with E-state index in [9.17, 15) is 43.2 Å².